The summed E-state index contributed by atoms with van der Waals surface area (Å²) in [5, 5.41) is 10.2. The van der Waals surface area contributed by atoms with Crippen molar-refractivity contribution < 1.29 is 9.90 Å². The fourth-order valence-electron chi connectivity index (χ4n) is 2.64. The Bertz CT molecular complexity index is 609. The van der Waals surface area contributed by atoms with Gasteiger partial charge in [0, 0.05) is 5.56 Å². The van der Waals surface area contributed by atoms with E-state index in [1.807, 2.05) is 50.2 Å². The lowest BCUT2D eigenvalue weighted by Crippen LogP contribution is -2.18. The first kappa shape index (κ1) is 15.5. The van der Waals surface area contributed by atoms with E-state index >= 15 is 0 Å². The molecule has 0 saturated heterocycles. The summed E-state index contributed by atoms with van der Waals surface area (Å²) in [7, 11) is 0. The van der Waals surface area contributed by atoms with Gasteiger partial charge in [0.25, 0.3) is 0 Å². The van der Waals surface area contributed by atoms with E-state index < -0.39 is 5.60 Å². The average molecular weight is 282 g/mol. The standard InChI is InChI=1S/C19H22O2/c1-19(2,21)18-12-4-3-10-17(18)11-6-8-15-7-5-9-16(13-15)14-20/h3-5,7,9-10,12-14,21H,6,8,11H2,1-2H3. The van der Waals surface area contributed by atoms with Gasteiger partial charge in [-0.3, -0.25) is 4.79 Å². The van der Waals surface area contributed by atoms with Crippen molar-refractivity contribution >= 4 is 6.29 Å². The number of rotatable bonds is 6. The van der Waals surface area contributed by atoms with Gasteiger partial charge in [-0.05, 0) is 55.9 Å². The van der Waals surface area contributed by atoms with Crippen LogP contribution in [-0.4, -0.2) is 11.4 Å². The van der Waals surface area contributed by atoms with E-state index in [0.29, 0.717) is 0 Å². The summed E-state index contributed by atoms with van der Waals surface area (Å²) in [6.07, 6.45) is 3.73. The van der Waals surface area contributed by atoms with Crippen LogP contribution in [0.15, 0.2) is 48.5 Å². The van der Waals surface area contributed by atoms with Gasteiger partial charge >= 0.3 is 0 Å². The summed E-state index contributed by atoms with van der Waals surface area (Å²) >= 11 is 0. The van der Waals surface area contributed by atoms with Crippen LogP contribution in [0, 0.1) is 0 Å². The minimum atomic E-state index is -0.811. The molecule has 0 bridgehead atoms. The number of aryl methyl sites for hydroxylation is 2. The Morgan fingerprint density at radius 2 is 1.81 bits per heavy atom. The zero-order valence-corrected chi connectivity index (χ0v) is 12.7. The number of carbonyl (C=O) groups excluding carboxylic acids is 1. The Kier molecular flexibility index (Phi) is 4.92. The Morgan fingerprint density at radius 3 is 2.52 bits per heavy atom. The molecule has 0 saturated carbocycles. The van der Waals surface area contributed by atoms with Crippen molar-refractivity contribution in [3.05, 3.63) is 70.8 Å². The number of hydrogen-bond donors (Lipinski definition) is 1. The number of benzene rings is 2. The molecule has 0 amide bonds. The van der Waals surface area contributed by atoms with Crippen molar-refractivity contribution in [2.75, 3.05) is 0 Å². The van der Waals surface area contributed by atoms with E-state index in [-0.39, 0.29) is 0 Å². The second-order valence-corrected chi connectivity index (χ2v) is 5.93. The van der Waals surface area contributed by atoms with Gasteiger partial charge < -0.3 is 5.11 Å². The lowest BCUT2D eigenvalue weighted by atomic mass is 9.90. The van der Waals surface area contributed by atoms with Crippen LogP contribution < -0.4 is 0 Å². The second kappa shape index (κ2) is 6.68. The molecular weight excluding hydrogens is 260 g/mol. The Morgan fingerprint density at radius 1 is 1.05 bits per heavy atom. The van der Waals surface area contributed by atoms with Crippen molar-refractivity contribution in [1.82, 2.24) is 0 Å². The lowest BCUT2D eigenvalue weighted by Gasteiger charge is -2.21. The first-order valence-corrected chi connectivity index (χ1v) is 7.35. The van der Waals surface area contributed by atoms with E-state index in [1.165, 1.54) is 11.1 Å². The van der Waals surface area contributed by atoms with Gasteiger partial charge in [-0.15, -0.1) is 0 Å². The van der Waals surface area contributed by atoms with Gasteiger partial charge in [0.1, 0.15) is 6.29 Å². The van der Waals surface area contributed by atoms with Gasteiger partial charge in [-0.25, -0.2) is 0 Å². The minimum Gasteiger partial charge on any atom is -0.386 e. The normalized spacial score (nSPS) is 11.4. The van der Waals surface area contributed by atoms with Gasteiger partial charge in [0.15, 0.2) is 0 Å². The summed E-state index contributed by atoms with van der Waals surface area (Å²) in [6.45, 7) is 3.64. The van der Waals surface area contributed by atoms with Crippen LogP contribution in [-0.2, 0) is 18.4 Å². The predicted octanol–water partition coefficient (Wildman–Crippen LogP) is 3.90. The highest BCUT2D eigenvalue weighted by molar-refractivity contribution is 5.74. The third-order valence-electron chi connectivity index (χ3n) is 3.68. The molecule has 0 aliphatic heterocycles. The largest absolute Gasteiger partial charge is 0.386 e. The highest BCUT2D eigenvalue weighted by Crippen LogP contribution is 2.24. The van der Waals surface area contributed by atoms with Crippen molar-refractivity contribution in [3.63, 3.8) is 0 Å². The fourth-order valence-corrected chi connectivity index (χ4v) is 2.64. The van der Waals surface area contributed by atoms with Gasteiger partial charge in [0.05, 0.1) is 5.60 Å². The maximum absolute atomic E-state index is 10.8. The molecule has 2 rings (SSSR count). The fraction of sp³-hybridized carbons (Fsp3) is 0.316. The van der Waals surface area contributed by atoms with Crippen molar-refractivity contribution in [2.24, 2.45) is 0 Å². The number of hydrogen-bond acceptors (Lipinski definition) is 2. The average Bonchev–Trinajstić information content (AvgIpc) is 2.47. The molecule has 0 atom stereocenters. The third kappa shape index (κ3) is 4.27. The molecule has 2 aromatic rings. The monoisotopic (exact) mass is 282 g/mol. The maximum atomic E-state index is 10.8. The van der Waals surface area contributed by atoms with Gasteiger partial charge in [0.2, 0.25) is 0 Å². The molecule has 0 fully saturated rings. The van der Waals surface area contributed by atoms with Crippen molar-refractivity contribution in [1.29, 1.82) is 0 Å². The van der Waals surface area contributed by atoms with Crippen LogP contribution in [0.4, 0.5) is 0 Å². The van der Waals surface area contributed by atoms with Crippen LogP contribution in [0.2, 0.25) is 0 Å². The van der Waals surface area contributed by atoms with Crippen molar-refractivity contribution in [2.45, 2.75) is 38.7 Å². The van der Waals surface area contributed by atoms with Crippen LogP contribution in [0.1, 0.15) is 47.3 Å². The lowest BCUT2D eigenvalue weighted by molar-refractivity contribution is 0.0776. The molecule has 0 aliphatic carbocycles. The van der Waals surface area contributed by atoms with Crippen LogP contribution in [0.5, 0.6) is 0 Å². The Labute approximate surface area is 126 Å². The molecular formula is C19H22O2. The first-order valence-electron chi connectivity index (χ1n) is 7.35. The van der Waals surface area contributed by atoms with Crippen LogP contribution >= 0.6 is 0 Å². The molecule has 0 heterocycles. The number of carbonyl (C=O) groups is 1. The summed E-state index contributed by atoms with van der Waals surface area (Å²) in [5.74, 6) is 0. The molecule has 1 N–H and O–H groups in total. The molecule has 0 aliphatic rings. The molecule has 0 spiro atoms. The van der Waals surface area contributed by atoms with E-state index in [2.05, 4.69) is 12.1 Å². The second-order valence-electron chi connectivity index (χ2n) is 5.93. The molecule has 0 aromatic heterocycles. The predicted molar refractivity (Wildman–Crippen MR) is 85.5 cm³/mol. The van der Waals surface area contributed by atoms with Crippen LogP contribution in [0.25, 0.3) is 0 Å². The first-order chi connectivity index (χ1) is 10.0. The van der Waals surface area contributed by atoms with E-state index in [4.69, 9.17) is 0 Å². The third-order valence-corrected chi connectivity index (χ3v) is 3.68. The minimum absolute atomic E-state index is 0.726. The van der Waals surface area contributed by atoms with E-state index in [9.17, 15) is 9.90 Å². The number of aldehydes is 1. The van der Waals surface area contributed by atoms with Gasteiger partial charge in [-0.1, -0.05) is 42.5 Å². The summed E-state index contributed by atoms with van der Waals surface area (Å²) in [4.78, 5) is 10.8. The molecule has 0 radical (unpaired) electrons. The van der Waals surface area contributed by atoms with Gasteiger partial charge in [-0.2, -0.15) is 0 Å². The molecule has 2 nitrogen and oxygen atoms in total. The van der Waals surface area contributed by atoms with E-state index in [1.54, 1.807) is 0 Å². The molecule has 110 valence electrons. The van der Waals surface area contributed by atoms with Crippen molar-refractivity contribution in [3.8, 4) is 0 Å². The molecule has 2 aromatic carbocycles. The zero-order valence-electron chi connectivity index (χ0n) is 12.7. The summed E-state index contributed by atoms with van der Waals surface area (Å²) in [6, 6.07) is 15.8. The van der Waals surface area contributed by atoms with E-state index in [0.717, 1.165) is 36.7 Å². The SMILES string of the molecule is CC(C)(O)c1ccccc1CCCc1cccc(C=O)c1. The number of aliphatic hydroxyl groups is 1. The summed E-state index contributed by atoms with van der Waals surface area (Å²) < 4.78 is 0. The highest BCUT2D eigenvalue weighted by atomic mass is 16.3. The molecule has 2 heteroatoms. The summed E-state index contributed by atoms with van der Waals surface area (Å²) in [5.41, 5.74) is 3.28. The maximum Gasteiger partial charge on any atom is 0.150 e. The van der Waals surface area contributed by atoms with Crippen LogP contribution in [0.3, 0.4) is 0 Å². The topological polar surface area (TPSA) is 37.3 Å². The molecule has 21 heavy (non-hydrogen) atoms. The Balaban J connectivity index is 2.02. The quantitative estimate of drug-likeness (QED) is 0.816. The smallest absolute Gasteiger partial charge is 0.150 e. The Hall–Kier alpha value is -1.93. The molecule has 0 unspecified atom stereocenters. The highest BCUT2D eigenvalue weighted by Gasteiger charge is 2.18. The zero-order chi connectivity index (χ0) is 15.3.